The van der Waals surface area contributed by atoms with Gasteiger partial charge in [0.1, 0.15) is 23.0 Å². The first-order valence-electron chi connectivity index (χ1n) is 9.39. The third kappa shape index (κ3) is 4.00. The van der Waals surface area contributed by atoms with Crippen LogP contribution < -0.4 is 16.3 Å². The lowest BCUT2D eigenvalue weighted by Gasteiger charge is -2.18. The predicted molar refractivity (Wildman–Crippen MR) is 111 cm³/mol. The van der Waals surface area contributed by atoms with Gasteiger partial charge in [0.15, 0.2) is 17.3 Å². The van der Waals surface area contributed by atoms with Gasteiger partial charge in [-0.1, -0.05) is 19.9 Å². The summed E-state index contributed by atoms with van der Waals surface area (Å²) in [4.78, 5) is 32.6. The van der Waals surface area contributed by atoms with Gasteiger partial charge in [-0.3, -0.25) is 4.79 Å². The van der Waals surface area contributed by atoms with E-state index in [-0.39, 0.29) is 18.0 Å². The molecule has 0 atom stereocenters. The number of benzene rings is 1. The van der Waals surface area contributed by atoms with Crippen molar-refractivity contribution in [1.82, 2.24) is 29.6 Å². The number of aromatic amines is 1. The molecule has 4 aromatic rings. The number of imidazole rings is 1. The van der Waals surface area contributed by atoms with Gasteiger partial charge in [0.05, 0.1) is 18.4 Å². The highest BCUT2D eigenvalue weighted by molar-refractivity contribution is 5.82. The average Bonchev–Trinajstić information content (AvgIpc) is 3.19. The maximum atomic E-state index is 14.2. The Bertz CT molecular complexity index is 1180. The summed E-state index contributed by atoms with van der Waals surface area (Å²) in [5, 5.41) is 3.08. The van der Waals surface area contributed by atoms with Crippen LogP contribution in [0.2, 0.25) is 0 Å². The van der Waals surface area contributed by atoms with Crippen LogP contribution in [0.25, 0.3) is 22.1 Å². The van der Waals surface area contributed by atoms with Gasteiger partial charge in [-0.2, -0.15) is 0 Å². The Kier molecular flexibility index (Phi) is 6.01. The second-order valence-corrected chi connectivity index (χ2v) is 6.26. The van der Waals surface area contributed by atoms with Gasteiger partial charge in [0.2, 0.25) is 0 Å². The van der Waals surface area contributed by atoms with Crippen molar-refractivity contribution in [2.75, 3.05) is 10.7 Å². The molecular formula is C19H23FN8O. The minimum atomic E-state index is -0.598. The highest BCUT2D eigenvalue weighted by Crippen LogP contribution is 2.16. The van der Waals surface area contributed by atoms with Crippen LogP contribution in [0.4, 0.5) is 10.2 Å². The number of hydrogen-bond donors (Lipinski definition) is 3. The lowest BCUT2D eigenvalue weighted by Crippen LogP contribution is -2.37. The molecule has 0 fully saturated rings. The normalized spacial score (nSPS) is 10.8. The zero-order valence-corrected chi connectivity index (χ0v) is 16.7. The number of nitrogens with one attached hydrogen (secondary N) is 3. The van der Waals surface area contributed by atoms with Gasteiger partial charge in [-0.25, -0.2) is 29.0 Å². The lowest BCUT2D eigenvalue weighted by molar-refractivity contribution is 0.629. The molecule has 0 saturated heterocycles. The van der Waals surface area contributed by atoms with Crippen LogP contribution in [0.1, 0.15) is 33.5 Å². The summed E-state index contributed by atoms with van der Waals surface area (Å²) in [6.07, 6.45) is 2.92. The minimum absolute atomic E-state index is 0.0487. The molecule has 152 valence electrons. The SMILES string of the molecule is CC.CC(C)Nn1c(CNc2ncnc3nc[nH]c23)nc2cccc(F)c2c1=O. The first kappa shape index (κ1) is 20.2. The fourth-order valence-electron chi connectivity index (χ4n) is 2.81. The average molecular weight is 398 g/mol. The fourth-order valence-corrected chi connectivity index (χ4v) is 2.81. The van der Waals surface area contributed by atoms with Crippen LogP contribution in [-0.2, 0) is 6.54 Å². The highest BCUT2D eigenvalue weighted by atomic mass is 19.1. The number of rotatable bonds is 5. The van der Waals surface area contributed by atoms with Gasteiger partial charge in [-0.05, 0) is 26.0 Å². The van der Waals surface area contributed by atoms with E-state index in [1.165, 1.54) is 29.5 Å². The standard InChI is InChI=1S/C17H17FN8O.C2H6/c1-9(2)25-26-12(24-11-5-3-4-10(18)13(11)17(26)27)6-19-15-14-16(21-7-20-14)23-8-22-15;1-2/h3-5,7-9,25H,6H2,1-2H3,(H2,19,20,21,22,23);1-2H3. The third-order valence-electron chi connectivity index (χ3n) is 3.94. The van der Waals surface area contributed by atoms with E-state index >= 15 is 0 Å². The van der Waals surface area contributed by atoms with E-state index in [4.69, 9.17) is 0 Å². The first-order valence-corrected chi connectivity index (χ1v) is 9.39. The Hall–Kier alpha value is -3.56. The zero-order valence-electron chi connectivity index (χ0n) is 16.7. The maximum Gasteiger partial charge on any atom is 0.283 e. The monoisotopic (exact) mass is 398 g/mol. The van der Waals surface area contributed by atoms with Crippen LogP contribution in [-0.4, -0.2) is 35.6 Å². The second kappa shape index (κ2) is 8.63. The molecule has 0 bridgehead atoms. The molecule has 4 rings (SSSR count). The summed E-state index contributed by atoms with van der Waals surface area (Å²) in [6.45, 7) is 7.95. The molecule has 0 spiro atoms. The summed E-state index contributed by atoms with van der Waals surface area (Å²) in [5.74, 6) is 0.332. The minimum Gasteiger partial charge on any atom is -0.361 e. The Morgan fingerprint density at radius 2 is 2.00 bits per heavy atom. The second-order valence-electron chi connectivity index (χ2n) is 6.26. The number of H-pyrrole nitrogens is 1. The lowest BCUT2D eigenvalue weighted by atomic mass is 10.2. The number of fused-ring (bicyclic) bond motifs is 2. The summed E-state index contributed by atoms with van der Waals surface area (Å²) in [6, 6.07) is 4.34. The molecule has 3 heterocycles. The van der Waals surface area contributed by atoms with Gasteiger partial charge in [0.25, 0.3) is 5.56 Å². The van der Waals surface area contributed by atoms with Gasteiger partial charge >= 0.3 is 0 Å². The molecule has 3 N–H and O–H groups in total. The van der Waals surface area contributed by atoms with E-state index in [0.29, 0.717) is 28.3 Å². The molecule has 0 aliphatic rings. The smallest absolute Gasteiger partial charge is 0.283 e. The van der Waals surface area contributed by atoms with E-state index in [9.17, 15) is 9.18 Å². The van der Waals surface area contributed by atoms with E-state index < -0.39 is 11.4 Å². The fraction of sp³-hybridized carbons (Fsp3) is 0.316. The molecule has 0 saturated carbocycles. The number of anilines is 1. The van der Waals surface area contributed by atoms with Crippen LogP contribution in [0.3, 0.4) is 0 Å². The molecule has 0 amide bonds. The van der Waals surface area contributed by atoms with Crippen molar-refractivity contribution in [3.63, 3.8) is 0 Å². The Balaban J connectivity index is 0.00000117. The maximum absolute atomic E-state index is 14.2. The van der Waals surface area contributed by atoms with Crippen LogP contribution >= 0.6 is 0 Å². The molecule has 3 aromatic heterocycles. The number of hydrogen-bond acceptors (Lipinski definition) is 7. The summed E-state index contributed by atoms with van der Waals surface area (Å²) in [7, 11) is 0. The highest BCUT2D eigenvalue weighted by Gasteiger charge is 2.15. The quantitative estimate of drug-likeness (QED) is 0.474. The van der Waals surface area contributed by atoms with E-state index in [1.807, 2.05) is 27.7 Å². The molecule has 0 aliphatic carbocycles. The summed E-state index contributed by atoms with van der Waals surface area (Å²) >= 11 is 0. The van der Waals surface area contributed by atoms with Gasteiger partial charge in [-0.15, -0.1) is 0 Å². The van der Waals surface area contributed by atoms with Gasteiger partial charge < -0.3 is 15.7 Å². The molecule has 9 nitrogen and oxygen atoms in total. The van der Waals surface area contributed by atoms with Crippen LogP contribution in [0.5, 0.6) is 0 Å². The van der Waals surface area contributed by atoms with Gasteiger partial charge in [0, 0.05) is 6.04 Å². The Labute approximate surface area is 166 Å². The number of halogens is 1. The predicted octanol–water partition coefficient (Wildman–Crippen LogP) is 2.79. The summed E-state index contributed by atoms with van der Waals surface area (Å²) < 4.78 is 15.4. The van der Waals surface area contributed by atoms with E-state index in [1.54, 1.807) is 6.07 Å². The van der Waals surface area contributed by atoms with E-state index in [0.717, 1.165) is 0 Å². The molecule has 10 heteroatoms. The van der Waals surface area contributed by atoms with Crippen molar-refractivity contribution < 1.29 is 4.39 Å². The number of nitrogens with zero attached hydrogens (tertiary/aromatic N) is 5. The molecule has 1 aromatic carbocycles. The third-order valence-corrected chi connectivity index (χ3v) is 3.94. The van der Waals surface area contributed by atoms with Crippen molar-refractivity contribution in [1.29, 1.82) is 0 Å². The van der Waals surface area contributed by atoms with Crippen molar-refractivity contribution >= 4 is 27.9 Å². The summed E-state index contributed by atoms with van der Waals surface area (Å²) in [5.41, 5.74) is 4.00. The molecule has 0 unspecified atom stereocenters. The topological polar surface area (TPSA) is 113 Å². The van der Waals surface area contributed by atoms with Crippen molar-refractivity contribution in [3.05, 3.63) is 52.8 Å². The van der Waals surface area contributed by atoms with Crippen molar-refractivity contribution in [3.8, 4) is 0 Å². The van der Waals surface area contributed by atoms with Crippen LogP contribution in [0.15, 0.2) is 35.6 Å². The molecule has 0 radical (unpaired) electrons. The van der Waals surface area contributed by atoms with Crippen molar-refractivity contribution in [2.24, 2.45) is 0 Å². The zero-order chi connectivity index (χ0) is 21.0. The Morgan fingerprint density at radius 1 is 1.21 bits per heavy atom. The first-order chi connectivity index (χ1) is 14.0. The van der Waals surface area contributed by atoms with Crippen molar-refractivity contribution in [2.45, 2.75) is 40.3 Å². The Morgan fingerprint density at radius 3 is 2.76 bits per heavy atom. The molecule has 0 aliphatic heterocycles. The van der Waals surface area contributed by atoms with E-state index in [2.05, 4.69) is 35.7 Å². The largest absolute Gasteiger partial charge is 0.361 e. The molecular weight excluding hydrogens is 375 g/mol. The van der Waals surface area contributed by atoms with Crippen LogP contribution in [0, 0.1) is 5.82 Å². The number of aromatic nitrogens is 6. The molecule has 29 heavy (non-hydrogen) atoms.